The van der Waals surface area contributed by atoms with Crippen molar-refractivity contribution < 1.29 is 9.18 Å². The van der Waals surface area contributed by atoms with E-state index in [1.165, 1.54) is 6.07 Å². The molecule has 1 atom stereocenters. The van der Waals surface area contributed by atoms with Crippen molar-refractivity contribution in [3.05, 3.63) is 35.1 Å². The van der Waals surface area contributed by atoms with Gasteiger partial charge in [0, 0.05) is 31.7 Å². The Morgan fingerprint density at radius 2 is 2.42 bits per heavy atom. The Morgan fingerprint density at radius 3 is 3.05 bits per heavy atom. The first-order chi connectivity index (χ1) is 9.11. The standard InChI is InChI=1S/C13H15FN4O/c14-11-5-9(6-15)1-2-10(11)8-18-4-3-17-7-12(18)13(16)19/h1-2,5,12,17H,3-4,7-8H2,(H2,16,19). The van der Waals surface area contributed by atoms with Gasteiger partial charge in [-0.25, -0.2) is 4.39 Å². The van der Waals surface area contributed by atoms with Crippen LogP contribution in [0.15, 0.2) is 18.2 Å². The SMILES string of the molecule is N#Cc1ccc(CN2CCNCC2C(N)=O)c(F)c1. The van der Waals surface area contributed by atoms with Gasteiger partial charge in [0.05, 0.1) is 11.6 Å². The average molecular weight is 262 g/mol. The van der Waals surface area contributed by atoms with Gasteiger partial charge in [0.1, 0.15) is 11.9 Å². The number of nitrogens with zero attached hydrogens (tertiary/aromatic N) is 2. The van der Waals surface area contributed by atoms with Crippen molar-refractivity contribution in [2.24, 2.45) is 5.73 Å². The monoisotopic (exact) mass is 262 g/mol. The van der Waals surface area contributed by atoms with Crippen LogP contribution in [0.25, 0.3) is 0 Å². The summed E-state index contributed by atoms with van der Waals surface area (Å²) in [6.45, 7) is 2.16. The van der Waals surface area contributed by atoms with Crippen molar-refractivity contribution in [3.63, 3.8) is 0 Å². The molecule has 3 N–H and O–H groups in total. The summed E-state index contributed by atoms with van der Waals surface area (Å²) in [4.78, 5) is 13.2. The number of hydrogen-bond acceptors (Lipinski definition) is 4. The van der Waals surface area contributed by atoms with Gasteiger partial charge in [-0.3, -0.25) is 9.69 Å². The molecular formula is C13H15FN4O. The van der Waals surface area contributed by atoms with Gasteiger partial charge >= 0.3 is 0 Å². The predicted octanol–water partition coefficient (Wildman–Crippen LogP) is -0.0435. The van der Waals surface area contributed by atoms with Gasteiger partial charge in [0.2, 0.25) is 5.91 Å². The molecule has 1 saturated heterocycles. The van der Waals surface area contributed by atoms with E-state index in [4.69, 9.17) is 11.0 Å². The minimum atomic E-state index is -0.430. The molecule has 1 heterocycles. The maximum absolute atomic E-state index is 13.8. The van der Waals surface area contributed by atoms with E-state index in [1.54, 1.807) is 12.1 Å². The second-order valence-corrected chi connectivity index (χ2v) is 4.51. The smallest absolute Gasteiger partial charge is 0.236 e. The summed E-state index contributed by atoms with van der Waals surface area (Å²) in [5, 5.41) is 11.8. The van der Waals surface area contributed by atoms with Crippen molar-refractivity contribution in [2.45, 2.75) is 12.6 Å². The highest BCUT2D eigenvalue weighted by Gasteiger charge is 2.27. The maximum Gasteiger partial charge on any atom is 0.236 e. The second kappa shape index (κ2) is 5.78. The maximum atomic E-state index is 13.8. The Hall–Kier alpha value is -1.97. The number of carbonyl (C=O) groups is 1. The second-order valence-electron chi connectivity index (χ2n) is 4.51. The molecule has 100 valence electrons. The topological polar surface area (TPSA) is 82.2 Å². The average Bonchev–Trinajstić information content (AvgIpc) is 2.41. The summed E-state index contributed by atoms with van der Waals surface area (Å²) in [5.41, 5.74) is 6.09. The van der Waals surface area contributed by atoms with Gasteiger partial charge in [0.15, 0.2) is 0 Å². The van der Waals surface area contributed by atoms with Crippen LogP contribution in [-0.2, 0) is 11.3 Å². The number of nitrogens with two attached hydrogens (primary N) is 1. The molecule has 6 heteroatoms. The van der Waals surface area contributed by atoms with Crippen LogP contribution in [0, 0.1) is 17.1 Å². The Morgan fingerprint density at radius 1 is 1.63 bits per heavy atom. The molecule has 0 spiro atoms. The molecule has 0 saturated carbocycles. The van der Waals surface area contributed by atoms with Crippen LogP contribution >= 0.6 is 0 Å². The minimum absolute atomic E-state index is 0.285. The lowest BCUT2D eigenvalue weighted by Crippen LogP contribution is -2.56. The highest BCUT2D eigenvalue weighted by atomic mass is 19.1. The Bertz CT molecular complexity index is 526. The van der Waals surface area contributed by atoms with Gasteiger partial charge in [0.25, 0.3) is 0 Å². The Kier molecular flexibility index (Phi) is 4.10. The largest absolute Gasteiger partial charge is 0.368 e. The molecule has 1 aromatic carbocycles. The summed E-state index contributed by atoms with van der Waals surface area (Å²) >= 11 is 0. The number of piperazine rings is 1. The number of rotatable bonds is 3. The molecule has 0 bridgehead atoms. The van der Waals surface area contributed by atoms with Crippen LogP contribution in [-0.4, -0.2) is 36.5 Å². The molecule has 5 nitrogen and oxygen atoms in total. The molecule has 19 heavy (non-hydrogen) atoms. The normalized spacial score (nSPS) is 19.9. The molecule has 1 unspecified atom stereocenters. The number of benzene rings is 1. The van der Waals surface area contributed by atoms with Crippen molar-refractivity contribution >= 4 is 5.91 Å². The highest BCUT2D eigenvalue weighted by molar-refractivity contribution is 5.80. The van der Waals surface area contributed by atoms with E-state index in [9.17, 15) is 9.18 Å². The summed E-state index contributed by atoms with van der Waals surface area (Å²) in [5.74, 6) is -0.845. The van der Waals surface area contributed by atoms with Crippen molar-refractivity contribution in [1.82, 2.24) is 10.2 Å². The van der Waals surface area contributed by atoms with Gasteiger partial charge in [-0.2, -0.15) is 5.26 Å². The van der Waals surface area contributed by atoms with Crippen LogP contribution in [0.1, 0.15) is 11.1 Å². The molecule has 1 amide bonds. The lowest BCUT2D eigenvalue weighted by Gasteiger charge is -2.34. The fourth-order valence-corrected chi connectivity index (χ4v) is 2.18. The lowest BCUT2D eigenvalue weighted by molar-refractivity contribution is -0.124. The molecule has 1 aromatic rings. The van der Waals surface area contributed by atoms with Crippen LogP contribution in [0.2, 0.25) is 0 Å². The summed E-state index contributed by atoms with van der Waals surface area (Å²) < 4.78 is 13.8. The lowest BCUT2D eigenvalue weighted by atomic mass is 10.1. The van der Waals surface area contributed by atoms with Crippen molar-refractivity contribution in [1.29, 1.82) is 5.26 Å². The van der Waals surface area contributed by atoms with E-state index in [0.717, 1.165) is 6.54 Å². The molecule has 1 fully saturated rings. The van der Waals surface area contributed by atoms with Crippen LogP contribution in [0.5, 0.6) is 0 Å². The Balaban J connectivity index is 2.15. The van der Waals surface area contributed by atoms with E-state index < -0.39 is 17.8 Å². The zero-order valence-electron chi connectivity index (χ0n) is 10.4. The molecule has 0 aliphatic carbocycles. The van der Waals surface area contributed by atoms with E-state index in [1.807, 2.05) is 11.0 Å². The fourth-order valence-electron chi connectivity index (χ4n) is 2.18. The first-order valence-electron chi connectivity index (χ1n) is 6.04. The summed E-state index contributed by atoms with van der Waals surface area (Å²) in [7, 11) is 0. The molecule has 2 rings (SSSR count). The third kappa shape index (κ3) is 3.08. The number of hydrogen-bond donors (Lipinski definition) is 2. The van der Waals surface area contributed by atoms with Gasteiger partial charge in [-0.15, -0.1) is 0 Å². The summed E-state index contributed by atoms with van der Waals surface area (Å²) in [6.07, 6.45) is 0. The number of amides is 1. The Labute approximate surface area is 110 Å². The van der Waals surface area contributed by atoms with Crippen molar-refractivity contribution in [2.75, 3.05) is 19.6 Å². The molecular weight excluding hydrogens is 247 g/mol. The van der Waals surface area contributed by atoms with Crippen LogP contribution in [0.4, 0.5) is 4.39 Å². The summed E-state index contributed by atoms with van der Waals surface area (Å²) in [6, 6.07) is 5.81. The third-order valence-electron chi connectivity index (χ3n) is 3.24. The van der Waals surface area contributed by atoms with Crippen LogP contribution < -0.4 is 11.1 Å². The first-order valence-corrected chi connectivity index (χ1v) is 6.04. The number of carbonyl (C=O) groups excluding carboxylic acids is 1. The van der Waals surface area contributed by atoms with E-state index in [-0.39, 0.29) is 5.56 Å². The number of primary amides is 1. The number of halogens is 1. The molecule has 1 aliphatic heterocycles. The van der Waals surface area contributed by atoms with E-state index in [0.29, 0.717) is 25.2 Å². The zero-order valence-corrected chi connectivity index (χ0v) is 10.4. The van der Waals surface area contributed by atoms with E-state index in [2.05, 4.69) is 5.32 Å². The minimum Gasteiger partial charge on any atom is -0.368 e. The fraction of sp³-hybridized carbons (Fsp3) is 0.385. The van der Waals surface area contributed by atoms with Crippen LogP contribution in [0.3, 0.4) is 0 Å². The first kappa shape index (κ1) is 13.5. The number of nitrogens with one attached hydrogen (secondary N) is 1. The number of nitriles is 1. The molecule has 1 aliphatic rings. The van der Waals surface area contributed by atoms with Gasteiger partial charge in [-0.1, -0.05) is 6.07 Å². The third-order valence-corrected chi connectivity index (χ3v) is 3.24. The van der Waals surface area contributed by atoms with Crippen molar-refractivity contribution in [3.8, 4) is 6.07 Å². The molecule has 0 aromatic heterocycles. The predicted molar refractivity (Wildman–Crippen MR) is 67.4 cm³/mol. The van der Waals surface area contributed by atoms with Gasteiger partial charge in [-0.05, 0) is 12.1 Å². The zero-order chi connectivity index (χ0) is 13.8. The quantitative estimate of drug-likeness (QED) is 0.800. The van der Waals surface area contributed by atoms with E-state index >= 15 is 0 Å². The molecule has 0 radical (unpaired) electrons. The highest BCUT2D eigenvalue weighted by Crippen LogP contribution is 2.15. The van der Waals surface area contributed by atoms with Gasteiger partial charge < -0.3 is 11.1 Å².